The Balaban J connectivity index is 2.25. The third-order valence-corrected chi connectivity index (χ3v) is 3.00. The summed E-state index contributed by atoms with van der Waals surface area (Å²) in [6.07, 6.45) is 4.06. The zero-order chi connectivity index (χ0) is 13.4. The molecule has 0 spiro atoms. The lowest BCUT2D eigenvalue weighted by molar-refractivity contribution is -0.121. The first-order chi connectivity index (χ1) is 8.67. The fraction of sp³-hybridized carbons (Fsp3) is 0.750. The maximum absolute atomic E-state index is 11.6. The van der Waals surface area contributed by atoms with Gasteiger partial charge in [-0.3, -0.25) is 4.79 Å². The van der Waals surface area contributed by atoms with Crippen LogP contribution in [0.1, 0.15) is 38.9 Å². The van der Waals surface area contributed by atoms with Crippen molar-refractivity contribution in [3.8, 4) is 0 Å². The first-order valence-corrected chi connectivity index (χ1v) is 6.50. The van der Waals surface area contributed by atoms with Crippen LogP contribution in [0.5, 0.6) is 0 Å². The summed E-state index contributed by atoms with van der Waals surface area (Å²) in [5.74, 6) is 1.35. The van der Waals surface area contributed by atoms with Gasteiger partial charge in [-0.25, -0.2) is 0 Å². The SMILES string of the molecule is CCn1cnnc1CNC(=O)CCC(C)CCN. The molecule has 1 unspecified atom stereocenters. The van der Waals surface area contributed by atoms with Crippen LogP contribution in [0.2, 0.25) is 0 Å². The monoisotopic (exact) mass is 253 g/mol. The van der Waals surface area contributed by atoms with Gasteiger partial charge in [0.15, 0.2) is 5.82 Å². The van der Waals surface area contributed by atoms with Crippen LogP contribution in [-0.2, 0) is 17.9 Å². The molecule has 102 valence electrons. The van der Waals surface area contributed by atoms with E-state index in [1.165, 1.54) is 0 Å². The molecule has 0 aliphatic heterocycles. The third kappa shape index (κ3) is 4.83. The van der Waals surface area contributed by atoms with Crippen molar-refractivity contribution in [2.75, 3.05) is 6.54 Å². The van der Waals surface area contributed by atoms with Gasteiger partial charge in [0.05, 0.1) is 6.54 Å². The Morgan fingerprint density at radius 3 is 3.00 bits per heavy atom. The predicted octanol–water partition coefficient (Wildman–Crippen LogP) is 0.679. The van der Waals surface area contributed by atoms with E-state index in [1.807, 2.05) is 11.5 Å². The number of aryl methyl sites for hydroxylation is 1. The topological polar surface area (TPSA) is 85.8 Å². The molecule has 1 aromatic rings. The summed E-state index contributed by atoms with van der Waals surface area (Å²) >= 11 is 0. The van der Waals surface area contributed by atoms with E-state index in [1.54, 1.807) is 6.33 Å². The van der Waals surface area contributed by atoms with Gasteiger partial charge in [-0.1, -0.05) is 6.92 Å². The molecule has 6 heteroatoms. The predicted molar refractivity (Wildman–Crippen MR) is 69.6 cm³/mol. The largest absolute Gasteiger partial charge is 0.349 e. The van der Waals surface area contributed by atoms with E-state index in [9.17, 15) is 4.79 Å². The lowest BCUT2D eigenvalue weighted by Gasteiger charge is -2.10. The van der Waals surface area contributed by atoms with Crippen molar-refractivity contribution in [2.24, 2.45) is 11.7 Å². The van der Waals surface area contributed by atoms with E-state index in [0.717, 1.165) is 25.2 Å². The van der Waals surface area contributed by atoms with Gasteiger partial charge in [-0.15, -0.1) is 10.2 Å². The number of nitrogens with one attached hydrogen (secondary N) is 1. The number of nitrogens with zero attached hydrogens (tertiary/aromatic N) is 3. The molecule has 1 atom stereocenters. The second-order valence-corrected chi connectivity index (χ2v) is 4.53. The van der Waals surface area contributed by atoms with Gasteiger partial charge in [0.25, 0.3) is 0 Å². The van der Waals surface area contributed by atoms with Gasteiger partial charge >= 0.3 is 0 Å². The van der Waals surface area contributed by atoms with Crippen molar-refractivity contribution < 1.29 is 4.79 Å². The normalized spacial score (nSPS) is 12.4. The number of carbonyl (C=O) groups is 1. The minimum atomic E-state index is 0.0597. The molecule has 1 amide bonds. The standard InChI is InChI=1S/C12H23N5O/c1-3-17-9-15-16-11(17)8-14-12(18)5-4-10(2)6-7-13/h9-10H,3-8,13H2,1-2H3,(H,14,18). The van der Waals surface area contributed by atoms with Crippen molar-refractivity contribution in [1.29, 1.82) is 0 Å². The molecule has 0 aliphatic rings. The molecular weight excluding hydrogens is 230 g/mol. The second-order valence-electron chi connectivity index (χ2n) is 4.53. The number of carbonyl (C=O) groups excluding carboxylic acids is 1. The molecule has 3 N–H and O–H groups in total. The van der Waals surface area contributed by atoms with E-state index in [4.69, 9.17) is 5.73 Å². The van der Waals surface area contributed by atoms with Crippen molar-refractivity contribution in [2.45, 2.75) is 46.2 Å². The highest BCUT2D eigenvalue weighted by atomic mass is 16.1. The van der Waals surface area contributed by atoms with E-state index in [2.05, 4.69) is 22.4 Å². The van der Waals surface area contributed by atoms with Gasteiger partial charge in [0, 0.05) is 13.0 Å². The van der Waals surface area contributed by atoms with Gasteiger partial charge < -0.3 is 15.6 Å². The maximum Gasteiger partial charge on any atom is 0.220 e. The average Bonchev–Trinajstić information content (AvgIpc) is 2.81. The summed E-state index contributed by atoms with van der Waals surface area (Å²) in [6, 6.07) is 0. The van der Waals surface area contributed by atoms with Crippen LogP contribution in [0.15, 0.2) is 6.33 Å². The zero-order valence-corrected chi connectivity index (χ0v) is 11.2. The summed E-state index contributed by atoms with van der Waals surface area (Å²) in [7, 11) is 0. The maximum atomic E-state index is 11.6. The summed E-state index contributed by atoms with van der Waals surface area (Å²) in [5, 5.41) is 10.6. The molecule has 18 heavy (non-hydrogen) atoms. The second kappa shape index (κ2) is 7.81. The molecular formula is C12H23N5O. The highest BCUT2D eigenvalue weighted by molar-refractivity contribution is 5.75. The van der Waals surface area contributed by atoms with E-state index < -0.39 is 0 Å². The molecule has 0 radical (unpaired) electrons. The quantitative estimate of drug-likeness (QED) is 0.713. The first kappa shape index (κ1) is 14.6. The molecule has 0 aliphatic carbocycles. The Kier molecular flexibility index (Phi) is 6.35. The Morgan fingerprint density at radius 2 is 2.33 bits per heavy atom. The van der Waals surface area contributed by atoms with Gasteiger partial charge in [0.1, 0.15) is 6.33 Å². The van der Waals surface area contributed by atoms with E-state index in [0.29, 0.717) is 25.4 Å². The summed E-state index contributed by atoms with van der Waals surface area (Å²) in [5.41, 5.74) is 5.47. The van der Waals surface area contributed by atoms with Gasteiger partial charge in [-0.05, 0) is 32.2 Å². The lowest BCUT2D eigenvalue weighted by atomic mass is 10.0. The fourth-order valence-electron chi connectivity index (χ4n) is 1.75. The summed E-state index contributed by atoms with van der Waals surface area (Å²) < 4.78 is 1.91. The zero-order valence-electron chi connectivity index (χ0n) is 11.2. The minimum absolute atomic E-state index is 0.0597. The Labute approximate surface area is 108 Å². The molecule has 0 bridgehead atoms. The fourth-order valence-corrected chi connectivity index (χ4v) is 1.75. The summed E-state index contributed by atoms with van der Waals surface area (Å²) in [4.78, 5) is 11.6. The smallest absolute Gasteiger partial charge is 0.220 e. The van der Waals surface area contributed by atoms with Crippen molar-refractivity contribution >= 4 is 5.91 Å². The number of hydrogen-bond donors (Lipinski definition) is 2. The molecule has 6 nitrogen and oxygen atoms in total. The number of rotatable bonds is 8. The Morgan fingerprint density at radius 1 is 1.56 bits per heavy atom. The number of nitrogens with two attached hydrogens (primary N) is 1. The van der Waals surface area contributed by atoms with Crippen LogP contribution in [0.3, 0.4) is 0 Å². The van der Waals surface area contributed by atoms with Crippen molar-refractivity contribution in [3.63, 3.8) is 0 Å². The highest BCUT2D eigenvalue weighted by Crippen LogP contribution is 2.08. The molecule has 0 fully saturated rings. The number of aromatic nitrogens is 3. The van der Waals surface area contributed by atoms with Crippen LogP contribution in [-0.4, -0.2) is 27.2 Å². The van der Waals surface area contributed by atoms with Crippen LogP contribution in [0, 0.1) is 5.92 Å². The van der Waals surface area contributed by atoms with Gasteiger partial charge in [0.2, 0.25) is 5.91 Å². The first-order valence-electron chi connectivity index (χ1n) is 6.50. The highest BCUT2D eigenvalue weighted by Gasteiger charge is 2.08. The molecule has 1 rings (SSSR count). The Hall–Kier alpha value is -1.43. The molecule has 1 heterocycles. The van der Waals surface area contributed by atoms with Gasteiger partial charge in [-0.2, -0.15) is 0 Å². The average molecular weight is 253 g/mol. The van der Waals surface area contributed by atoms with Crippen LogP contribution in [0.4, 0.5) is 0 Å². The van der Waals surface area contributed by atoms with E-state index >= 15 is 0 Å². The Bertz CT molecular complexity index is 363. The molecule has 1 aromatic heterocycles. The minimum Gasteiger partial charge on any atom is -0.349 e. The van der Waals surface area contributed by atoms with Crippen LogP contribution >= 0.6 is 0 Å². The van der Waals surface area contributed by atoms with Crippen molar-refractivity contribution in [3.05, 3.63) is 12.2 Å². The van der Waals surface area contributed by atoms with Crippen LogP contribution < -0.4 is 11.1 Å². The number of amides is 1. The van der Waals surface area contributed by atoms with Crippen LogP contribution in [0.25, 0.3) is 0 Å². The summed E-state index contributed by atoms with van der Waals surface area (Å²) in [6.45, 7) is 6.07. The molecule has 0 aromatic carbocycles. The van der Waals surface area contributed by atoms with Crippen molar-refractivity contribution in [1.82, 2.24) is 20.1 Å². The number of hydrogen-bond acceptors (Lipinski definition) is 4. The molecule has 0 saturated heterocycles. The third-order valence-electron chi connectivity index (χ3n) is 3.00. The van der Waals surface area contributed by atoms with E-state index in [-0.39, 0.29) is 5.91 Å². The lowest BCUT2D eigenvalue weighted by Crippen LogP contribution is -2.25. The molecule has 0 saturated carbocycles.